The highest BCUT2D eigenvalue weighted by molar-refractivity contribution is 5.97. The van der Waals surface area contributed by atoms with Crippen molar-refractivity contribution in [3.63, 3.8) is 0 Å². The third kappa shape index (κ3) is 2.60. The van der Waals surface area contributed by atoms with Gasteiger partial charge in [-0.05, 0) is 24.5 Å². The van der Waals surface area contributed by atoms with Crippen molar-refractivity contribution in [2.75, 3.05) is 19.6 Å². The average molecular weight is 282 g/mol. The monoisotopic (exact) mass is 282 g/mol. The number of nitrogens with one attached hydrogen (secondary N) is 1. The number of rotatable bonds is 3. The molecule has 1 aromatic carbocycles. The molecule has 3 rings (SSSR count). The minimum Gasteiger partial charge on any atom is -0.434 e. The summed E-state index contributed by atoms with van der Waals surface area (Å²) in [6.45, 7) is -0.712. The smallest absolute Gasteiger partial charge is 0.387 e. The van der Waals surface area contributed by atoms with Crippen molar-refractivity contribution in [2.45, 2.75) is 19.1 Å². The van der Waals surface area contributed by atoms with E-state index in [2.05, 4.69) is 10.1 Å². The van der Waals surface area contributed by atoms with Crippen molar-refractivity contribution in [3.8, 4) is 5.75 Å². The number of hydrogen-bond donors (Lipinski definition) is 1. The van der Waals surface area contributed by atoms with Crippen LogP contribution in [-0.4, -0.2) is 43.1 Å². The first-order valence-electron chi connectivity index (χ1n) is 6.70. The van der Waals surface area contributed by atoms with Gasteiger partial charge in [-0.15, -0.1) is 0 Å². The van der Waals surface area contributed by atoms with Crippen LogP contribution in [0.4, 0.5) is 8.78 Å². The average Bonchev–Trinajstić information content (AvgIpc) is 2.76. The fraction of sp³-hybridized carbons (Fsp3) is 0.500. The molecule has 1 aromatic rings. The van der Waals surface area contributed by atoms with Crippen LogP contribution in [0.3, 0.4) is 0 Å². The number of halogens is 2. The highest BCUT2D eigenvalue weighted by atomic mass is 19.3. The number of nitrogens with zero attached hydrogens (tertiary/aromatic N) is 1. The van der Waals surface area contributed by atoms with E-state index in [-0.39, 0.29) is 17.2 Å². The van der Waals surface area contributed by atoms with Gasteiger partial charge in [0.25, 0.3) is 5.91 Å². The maximum atomic E-state index is 12.5. The summed E-state index contributed by atoms with van der Waals surface area (Å²) in [5.41, 5.74) is 0.203. The Morgan fingerprint density at radius 1 is 1.35 bits per heavy atom. The van der Waals surface area contributed by atoms with Crippen molar-refractivity contribution >= 4 is 5.91 Å². The number of likely N-dealkylation sites (tertiary alicyclic amines) is 1. The summed E-state index contributed by atoms with van der Waals surface area (Å²) >= 11 is 0. The Labute approximate surface area is 115 Å². The lowest BCUT2D eigenvalue weighted by molar-refractivity contribution is -0.0503. The quantitative estimate of drug-likeness (QED) is 0.918. The minimum absolute atomic E-state index is 0.0571. The van der Waals surface area contributed by atoms with Gasteiger partial charge < -0.3 is 15.0 Å². The molecule has 2 fully saturated rings. The lowest BCUT2D eigenvalue weighted by Crippen LogP contribution is -2.44. The first-order valence-corrected chi connectivity index (χ1v) is 6.70. The van der Waals surface area contributed by atoms with Gasteiger partial charge in [0.2, 0.25) is 0 Å². The number of para-hydroxylation sites is 1. The normalized spacial score (nSPS) is 25.1. The number of alkyl halides is 2. The SMILES string of the molecule is O=C(c1ccccc1OC(F)F)N1C[C@H]2CN[C@@H](C2)C1. The van der Waals surface area contributed by atoms with E-state index in [4.69, 9.17) is 0 Å². The molecule has 20 heavy (non-hydrogen) atoms. The summed E-state index contributed by atoms with van der Waals surface area (Å²) < 4.78 is 29.2. The van der Waals surface area contributed by atoms with Crippen molar-refractivity contribution in [3.05, 3.63) is 29.8 Å². The standard InChI is InChI=1S/C14H16F2N2O2/c15-14(16)20-12-4-2-1-3-11(12)13(19)18-7-9-5-10(8-18)17-6-9/h1-4,9-10,14,17H,5-8H2/t9-,10+/m1/s1. The van der Waals surface area contributed by atoms with Gasteiger partial charge in [-0.1, -0.05) is 12.1 Å². The molecule has 2 aliphatic heterocycles. The Hall–Kier alpha value is -1.69. The van der Waals surface area contributed by atoms with Gasteiger partial charge in [0, 0.05) is 25.7 Å². The van der Waals surface area contributed by atoms with Crippen LogP contribution in [0.25, 0.3) is 0 Å². The lowest BCUT2D eigenvalue weighted by atomic mass is 9.99. The van der Waals surface area contributed by atoms with Crippen molar-refractivity contribution < 1.29 is 18.3 Å². The summed E-state index contributed by atoms with van der Waals surface area (Å²) in [5.74, 6) is 0.166. The lowest BCUT2D eigenvalue weighted by Gasteiger charge is -2.31. The molecule has 6 heteroatoms. The molecule has 1 amide bonds. The van der Waals surface area contributed by atoms with Gasteiger partial charge in [-0.3, -0.25) is 4.79 Å². The van der Waals surface area contributed by atoms with Crippen molar-refractivity contribution in [2.24, 2.45) is 5.92 Å². The number of piperidine rings is 1. The zero-order valence-electron chi connectivity index (χ0n) is 10.9. The highest BCUT2D eigenvalue weighted by Gasteiger charge is 2.35. The van der Waals surface area contributed by atoms with Gasteiger partial charge in [-0.25, -0.2) is 0 Å². The van der Waals surface area contributed by atoms with Crippen LogP contribution >= 0.6 is 0 Å². The predicted octanol–water partition coefficient (Wildman–Crippen LogP) is 1.72. The summed E-state index contributed by atoms with van der Waals surface area (Å²) in [6.07, 6.45) is 1.08. The van der Waals surface area contributed by atoms with Gasteiger partial charge >= 0.3 is 6.61 Å². The zero-order valence-corrected chi connectivity index (χ0v) is 10.9. The maximum Gasteiger partial charge on any atom is 0.387 e. The highest BCUT2D eigenvalue weighted by Crippen LogP contribution is 2.27. The molecule has 108 valence electrons. The molecule has 0 saturated carbocycles. The summed E-state index contributed by atoms with van der Waals surface area (Å²) in [4.78, 5) is 14.2. The molecular formula is C14H16F2N2O2. The molecule has 2 aliphatic rings. The van der Waals surface area contributed by atoms with Crippen molar-refractivity contribution in [1.29, 1.82) is 0 Å². The molecule has 0 aromatic heterocycles. The van der Waals surface area contributed by atoms with Gasteiger partial charge in [0.05, 0.1) is 5.56 Å². The second-order valence-corrected chi connectivity index (χ2v) is 5.29. The number of carbonyl (C=O) groups excluding carboxylic acids is 1. The fourth-order valence-corrected chi connectivity index (χ4v) is 3.01. The van der Waals surface area contributed by atoms with Gasteiger partial charge in [0.15, 0.2) is 0 Å². The molecule has 0 spiro atoms. The number of amides is 1. The fourth-order valence-electron chi connectivity index (χ4n) is 3.01. The van der Waals surface area contributed by atoms with Crippen LogP contribution in [0, 0.1) is 5.92 Å². The van der Waals surface area contributed by atoms with Gasteiger partial charge in [0.1, 0.15) is 5.75 Å². The van der Waals surface area contributed by atoms with E-state index in [0.717, 1.165) is 13.0 Å². The Morgan fingerprint density at radius 2 is 2.15 bits per heavy atom. The maximum absolute atomic E-state index is 12.5. The molecule has 4 nitrogen and oxygen atoms in total. The molecule has 2 bridgehead atoms. The van der Waals surface area contributed by atoms with E-state index in [1.165, 1.54) is 12.1 Å². The van der Waals surface area contributed by atoms with E-state index in [1.54, 1.807) is 17.0 Å². The number of hydrogen-bond acceptors (Lipinski definition) is 3. The Balaban J connectivity index is 1.80. The second-order valence-electron chi connectivity index (χ2n) is 5.29. The van der Waals surface area contributed by atoms with Crippen LogP contribution in [0.5, 0.6) is 5.75 Å². The third-order valence-corrected chi connectivity index (χ3v) is 3.85. The van der Waals surface area contributed by atoms with Crippen LogP contribution in [0.2, 0.25) is 0 Å². The third-order valence-electron chi connectivity index (χ3n) is 3.85. The number of benzene rings is 1. The predicted molar refractivity (Wildman–Crippen MR) is 68.9 cm³/mol. The van der Waals surface area contributed by atoms with Crippen LogP contribution < -0.4 is 10.1 Å². The molecule has 0 unspecified atom stereocenters. The molecule has 1 N–H and O–H groups in total. The van der Waals surface area contributed by atoms with E-state index in [1.807, 2.05) is 0 Å². The van der Waals surface area contributed by atoms with Crippen molar-refractivity contribution in [1.82, 2.24) is 10.2 Å². The van der Waals surface area contributed by atoms with Crippen LogP contribution in [0.15, 0.2) is 24.3 Å². The number of ether oxygens (including phenoxy) is 1. The molecular weight excluding hydrogens is 266 g/mol. The first-order chi connectivity index (χ1) is 9.63. The topological polar surface area (TPSA) is 41.6 Å². The second kappa shape index (κ2) is 5.36. The Morgan fingerprint density at radius 3 is 2.90 bits per heavy atom. The molecule has 2 heterocycles. The van der Waals surface area contributed by atoms with E-state index < -0.39 is 6.61 Å². The molecule has 0 radical (unpaired) electrons. The van der Waals surface area contributed by atoms with Crippen LogP contribution in [0.1, 0.15) is 16.8 Å². The molecule has 2 saturated heterocycles. The minimum atomic E-state index is -2.93. The summed E-state index contributed by atoms with van der Waals surface area (Å²) in [6, 6.07) is 6.49. The Bertz CT molecular complexity index is 498. The number of carbonyl (C=O) groups is 1. The summed E-state index contributed by atoms with van der Waals surface area (Å²) in [7, 11) is 0. The van der Waals surface area contributed by atoms with Gasteiger partial charge in [-0.2, -0.15) is 8.78 Å². The molecule has 0 aliphatic carbocycles. The zero-order chi connectivity index (χ0) is 14.1. The Kier molecular flexibility index (Phi) is 3.56. The largest absolute Gasteiger partial charge is 0.434 e. The molecule has 2 atom stereocenters. The summed E-state index contributed by atoms with van der Waals surface area (Å²) in [5, 5.41) is 3.36. The van der Waals surface area contributed by atoms with E-state index in [0.29, 0.717) is 25.0 Å². The van der Waals surface area contributed by atoms with E-state index >= 15 is 0 Å². The van der Waals surface area contributed by atoms with Crippen LogP contribution in [-0.2, 0) is 0 Å². The first kappa shape index (κ1) is 13.3. The number of fused-ring (bicyclic) bond motifs is 2. The van der Waals surface area contributed by atoms with E-state index in [9.17, 15) is 13.6 Å².